The quantitative estimate of drug-likeness (QED) is 0.351. The van der Waals surface area contributed by atoms with E-state index >= 15 is 0 Å². The molecule has 9 heteroatoms. The van der Waals surface area contributed by atoms with Crippen LogP contribution in [0.5, 0.6) is 0 Å². The summed E-state index contributed by atoms with van der Waals surface area (Å²) < 4.78 is 0. The second-order valence-electron chi connectivity index (χ2n) is 8.55. The third-order valence-electron chi connectivity index (χ3n) is 6.71. The Kier molecular flexibility index (Phi) is 5.32. The van der Waals surface area contributed by atoms with Crippen LogP contribution in [0.15, 0.2) is 78.9 Å². The summed E-state index contributed by atoms with van der Waals surface area (Å²) in [4.78, 5) is 54.8. The summed E-state index contributed by atoms with van der Waals surface area (Å²) in [6, 6.07) is 20.5. The molecule has 2 aliphatic rings. The predicted octanol–water partition coefficient (Wildman–Crippen LogP) is 3.99. The van der Waals surface area contributed by atoms with Gasteiger partial charge in [0, 0.05) is 30.8 Å². The van der Waals surface area contributed by atoms with Crippen molar-refractivity contribution in [2.24, 2.45) is 5.41 Å². The lowest BCUT2D eigenvalue weighted by atomic mass is 9.66. The average Bonchev–Trinajstić information content (AvgIpc) is 2.87. The highest BCUT2D eigenvalue weighted by atomic mass is 16.6. The molecular weight excluding hydrogens is 448 g/mol. The number of anilines is 2. The molecule has 3 aromatic rings. The van der Waals surface area contributed by atoms with Crippen molar-refractivity contribution in [1.82, 2.24) is 5.32 Å². The molecule has 0 aromatic heterocycles. The summed E-state index contributed by atoms with van der Waals surface area (Å²) in [5, 5.41) is 13.9. The molecule has 2 aliphatic heterocycles. The summed E-state index contributed by atoms with van der Waals surface area (Å²) in [6.07, 6.45) is -0.0959. The maximum Gasteiger partial charge on any atom is 0.335 e. The molecule has 3 aromatic carbocycles. The standard InChI is InChI=1S/C26H22N4O5/c1-2-28-21-14-13-20(30(34)35)15-18(21)16-26(22(28)17-9-5-3-6-10-17)23(31)27-25(33)29(24(26)32)19-11-7-4-8-12-19/h3-15,22H,2,16H2,1H3,(H,27,31,33)/t22-,26-/m1/s1. The molecule has 5 rings (SSSR count). The number of benzene rings is 3. The van der Waals surface area contributed by atoms with Gasteiger partial charge in [-0.15, -0.1) is 0 Å². The minimum atomic E-state index is -1.73. The van der Waals surface area contributed by atoms with Crippen LogP contribution in [0.3, 0.4) is 0 Å². The summed E-state index contributed by atoms with van der Waals surface area (Å²) in [6.45, 7) is 2.32. The van der Waals surface area contributed by atoms with Gasteiger partial charge in [0.2, 0.25) is 5.91 Å². The maximum absolute atomic E-state index is 14.3. The van der Waals surface area contributed by atoms with E-state index in [4.69, 9.17) is 0 Å². The molecule has 4 amide bonds. The zero-order valence-corrected chi connectivity index (χ0v) is 18.9. The largest absolute Gasteiger partial charge is 0.363 e. The second kappa shape index (κ2) is 8.35. The fourth-order valence-electron chi connectivity index (χ4n) is 5.22. The van der Waals surface area contributed by atoms with Crippen LogP contribution in [-0.4, -0.2) is 29.3 Å². The van der Waals surface area contributed by atoms with E-state index in [1.165, 1.54) is 12.1 Å². The van der Waals surface area contributed by atoms with Crippen LogP contribution in [-0.2, 0) is 16.0 Å². The number of nitrogens with one attached hydrogen (secondary N) is 1. The Bertz CT molecular complexity index is 1340. The lowest BCUT2D eigenvalue weighted by Crippen LogP contribution is -2.69. The van der Waals surface area contributed by atoms with Crippen molar-refractivity contribution < 1.29 is 19.3 Å². The van der Waals surface area contributed by atoms with Crippen LogP contribution >= 0.6 is 0 Å². The normalized spacial score (nSPS) is 21.6. The van der Waals surface area contributed by atoms with Crippen LogP contribution in [0.2, 0.25) is 0 Å². The van der Waals surface area contributed by atoms with Crippen LogP contribution in [0.25, 0.3) is 0 Å². The molecular formula is C26H22N4O5. The first-order valence-corrected chi connectivity index (χ1v) is 11.2. The number of hydrogen-bond acceptors (Lipinski definition) is 6. The number of urea groups is 1. The van der Waals surface area contributed by atoms with Crippen molar-refractivity contribution >= 4 is 34.9 Å². The van der Waals surface area contributed by atoms with Crippen molar-refractivity contribution in [1.29, 1.82) is 0 Å². The van der Waals surface area contributed by atoms with Crippen LogP contribution < -0.4 is 15.1 Å². The second-order valence-corrected chi connectivity index (χ2v) is 8.55. The fourth-order valence-corrected chi connectivity index (χ4v) is 5.22. The molecule has 0 radical (unpaired) electrons. The molecule has 2 heterocycles. The van der Waals surface area contributed by atoms with Crippen molar-refractivity contribution in [3.63, 3.8) is 0 Å². The first-order chi connectivity index (χ1) is 16.9. The van der Waals surface area contributed by atoms with E-state index in [0.717, 1.165) is 10.5 Å². The first-order valence-electron chi connectivity index (χ1n) is 11.2. The fraction of sp³-hybridized carbons (Fsp3) is 0.192. The van der Waals surface area contributed by atoms with Crippen LogP contribution in [0.1, 0.15) is 24.1 Å². The number of rotatable bonds is 4. The molecule has 176 valence electrons. The van der Waals surface area contributed by atoms with Gasteiger partial charge in [0.05, 0.1) is 16.7 Å². The Morgan fingerprint density at radius 3 is 2.29 bits per heavy atom. The van der Waals surface area contributed by atoms with E-state index in [1.54, 1.807) is 36.4 Å². The number of nitrogens with zero attached hydrogens (tertiary/aromatic N) is 3. The third-order valence-corrected chi connectivity index (χ3v) is 6.71. The van der Waals surface area contributed by atoms with E-state index in [-0.39, 0.29) is 12.1 Å². The number of carbonyl (C=O) groups is 3. The molecule has 1 fully saturated rings. The minimum Gasteiger partial charge on any atom is -0.363 e. The minimum absolute atomic E-state index is 0.0959. The zero-order valence-electron chi connectivity index (χ0n) is 18.9. The summed E-state index contributed by atoms with van der Waals surface area (Å²) in [5.74, 6) is -1.38. The molecule has 0 bridgehead atoms. The monoisotopic (exact) mass is 470 g/mol. The number of hydrogen-bond donors (Lipinski definition) is 1. The molecule has 0 saturated carbocycles. The molecule has 9 nitrogen and oxygen atoms in total. The van der Waals surface area contributed by atoms with Crippen molar-refractivity contribution in [3.8, 4) is 0 Å². The van der Waals surface area contributed by atoms with Gasteiger partial charge in [-0.05, 0) is 36.2 Å². The number of imide groups is 2. The van der Waals surface area contributed by atoms with Gasteiger partial charge >= 0.3 is 6.03 Å². The van der Waals surface area contributed by atoms with Crippen molar-refractivity contribution in [3.05, 3.63) is 100 Å². The van der Waals surface area contributed by atoms with E-state index in [2.05, 4.69) is 5.32 Å². The highest BCUT2D eigenvalue weighted by molar-refractivity contribution is 6.30. The Labute approximate surface area is 201 Å². The SMILES string of the molecule is CCN1c2ccc([N+](=O)[O-])cc2C[C@]2(C(=O)NC(=O)N(c3ccccc3)C2=O)[C@H]1c1ccccc1. The van der Waals surface area contributed by atoms with Gasteiger partial charge in [-0.25, -0.2) is 9.69 Å². The number of non-ortho nitro benzene ring substituents is 1. The predicted molar refractivity (Wildman–Crippen MR) is 129 cm³/mol. The Hall–Kier alpha value is -4.53. The van der Waals surface area contributed by atoms with E-state index < -0.39 is 34.2 Å². The smallest absolute Gasteiger partial charge is 0.335 e. The number of barbiturate groups is 1. The highest BCUT2D eigenvalue weighted by Gasteiger charge is 2.62. The van der Waals surface area contributed by atoms with Gasteiger partial charge in [-0.1, -0.05) is 48.5 Å². The van der Waals surface area contributed by atoms with Gasteiger partial charge in [-0.3, -0.25) is 25.0 Å². The van der Waals surface area contributed by atoms with Crippen molar-refractivity contribution in [2.75, 3.05) is 16.3 Å². The number of amides is 4. The lowest BCUT2D eigenvalue weighted by Gasteiger charge is -2.51. The molecule has 35 heavy (non-hydrogen) atoms. The van der Waals surface area contributed by atoms with E-state index in [0.29, 0.717) is 23.5 Å². The van der Waals surface area contributed by atoms with Gasteiger partial charge in [0.15, 0.2) is 5.41 Å². The summed E-state index contributed by atoms with van der Waals surface area (Å²) >= 11 is 0. The third kappa shape index (κ3) is 3.35. The molecule has 2 atom stereocenters. The van der Waals surface area contributed by atoms with Crippen LogP contribution in [0, 0.1) is 15.5 Å². The van der Waals surface area contributed by atoms with Gasteiger partial charge in [0.25, 0.3) is 11.6 Å². The Morgan fingerprint density at radius 1 is 1.00 bits per heavy atom. The highest BCUT2D eigenvalue weighted by Crippen LogP contribution is 2.52. The molecule has 0 unspecified atom stereocenters. The molecule has 1 spiro atoms. The maximum atomic E-state index is 14.3. The Balaban J connectivity index is 1.77. The number of nitro benzene ring substituents is 1. The molecule has 1 N–H and O–H groups in total. The van der Waals surface area contributed by atoms with E-state index in [1.807, 2.05) is 42.2 Å². The summed E-state index contributed by atoms with van der Waals surface area (Å²) in [5.41, 5.74) is 0.405. The molecule has 1 saturated heterocycles. The van der Waals surface area contributed by atoms with E-state index in [9.17, 15) is 24.5 Å². The van der Waals surface area contributed by atoms with Crippen molar-refractivity contribution in [2.45, 2.75) is 19.4 Å². The number of fused-ring (bicyclic) bond motifs is 1. The number of para-hydroxylation sites is 1. The first kappa shape index (κ1) is 22.3. The van der Waals surface area contributed by atoms with Gasteiger partial charge in [-0.2, -0.15) is 0 Å². The van der Waals surface area contributed by atoms with Gasteiger partial charge in [0.1, 0.15) is 0 Å². The molecule has 0 aliphatic carbocycles. The zero-order chi connectivity index (χ0) is 24.7. The number of nitro groups is 1. The van der Waals surface area contributed by atoms with Gasteiger partial charge < -0.3 is 4.90 Å². The topological polar surface area (TPSA) is 113 Å². The lowest BCUT2D eigenvalue weighted by molar-refractivity contribution is -0.384. The summed E-state index contributed by atoms with van der Waals surface area (Å²) in [7, 11) is 0. The van der Waals surface area contributed by atoms with Crippen LogP contribution in [0.4, 0.5) is 21.9 Å². The number of carbonyl (C=O) groups excluding carboxylic acids is 3. The average molecular weight is 470 g/mol. The Morgan fingerprint density at radius 2 is 1.66 bits per heavy atom.